The van der Waals surface area contributed by atoms with Crippen LogP contribution >= 0.6 is 0 Å². The topological polar surface area (TPSA) is 26.3 Å². The van der Waals surface area contributed by atoms with Crippen molar-refractivity contribution in [1.82, 2.24) is 0 Å². The lowest BCUT2D eigenvalue weighted by Gasteiger charge is -2.17. The first-order valence-electron chi connectivity index (χ1n) is 12.5. The summed E-state index contributed by atoms with van der Waals surface area (Å²) in [4.78, 5) is 11.4. The van der Waals surface area contributed by atoms with Crippen LogP contribution in [0.3, 0.4) is 0 Å². The van der Waals surface area contributed by atoms with E-state index in [0.29, 0.717) is 11.3 Å². The van der Waals surface area contributed by atoms with Gasteiger partial charge >= 0.3 is 5.97 Å². The van der Waals surface area contributed by atoms with Crippen LogP contribution in [0.25, 0.3) is 0 Å². The van der Waals surface area contributed by atoms with E-state index in [0.717, 1.165) is 5.57 Å². The maximum atomic E-state index is 11.4. The third kappa shape index (κ3) is 20.3. The predicted octanol–water partition coefficient (Wildman–Crippen LogP) is 9.03. The fourth-order valence-electron chi connectivity index (χ4n) is 3.98. The molecule has 2 nitrogen and oxygen atoms in total. The van der Waals surface area contributed by atoms with E-state index in [1.807, 2.05) is 6.92 Å². The van der Waals surface area contributed by atoms with Crippen LogP contribution in [0.1, 0.15) is 137 Å². The highest BCUT2D eigenvalue weighted by Crippen LogP contribution is 2.22. The lowest BCUT2D eigenvalue weighted by atomic mass is 9.89. The highest BCUT2D eigenvalue weighted by atomic mass is 16.5. The molecule has 0 aliphatic carbocycles. The molecule has 0 aliphatic heterocycles. The highest BCUT2D eigenvalue weighted by molar-refractivity contribution is 5.87. The average Bonchev–Trinajstić information content (AvgIpc) is 2.65. The van der Waals surface area contributed by atoms with Crippen LogP contribution in [0, 0.1) is 11.3 Å². The van der Waals surface area contributed by atoms with E-state index in [4.69, 9.17) is 4.74 Å². The summed E-state index contributed by atoms with van der Waals surface area (Å²) in [5, 5.41) is 0. The minimum Gasteiger partial charge on any atom is -0.466 e. The summed E-state index contributed by atoms with van der Waals surface area (Å²) in [6, 6.07) is 0. The molecule has 0 fully saturated rings. The average molecular weight is 409 g/mol. The molecule has 1 unspecified atom stereocenters. The monoisotopic (exact) mass is 408 g/mol. The predicted molar refractivity (Wildman–Crippen MR) is 128 cm³/mol. The first kappa shape index (κ1) is 28.2. The van der Waals surface area contributed by atoms with Gasteiger partial charge < -0.3 is 4.74 Å². The molecule has 172 valence electrons. The van der Waals surface area contributed by atoms with Gasteiger partial charge in [0.15, 0.2) is 0 Å². The van der Waals surface area contributed by atoms with Gasteiger partial charge in [0.2, 0.25) is 0 Å². The molecule has 0 bridgehead atoms. The van der Waals surface area contributed by atoms with Gasteiger partial charge in [0.1, 0.15) is 0 Å². The second kappa shape index (κ2) is 18.0. The summed E-state index contributed by atoms with van der Waals surface area (Å²) in [5.41, 5.74) is 1.25. The fourth-order valence-corrected chi connectivity index (χ4v) is 3.98. The molecule has 0 radical (unpaired) electrons. The van der Waals surface area contributed by atoms with Gasteiger partial charge in [-0.05, 0) is 31.1 Å². The molecule has 0 aromatic rings. The number of methoxy groups -OCH3 is 1. The van der Waals surface area contributed by atoms with E-state index < -0.39 is 0 Å². The smallest absolute Gasteiger partial charge is 0.333 e. The van der Waals surface area contributed by atoms with Gasteiger partial charge in [0.25, 0.3) is 0 Å². The van der Waals surface area contributed by atoms with E-state index in [1.54, 1.807) is 0 Å². The Labute approximate surface area is 183 Å². The van der Waals surface area contributed by atoms with Crippen LogP contribution in [0.2, 0.25) is 0 Å². The minimum absolute atomic E-state index is 0.201. The summed E-state index contributed by atoms with van der Waals surface area (Å²) in [6.07, 6.45) is 24.2. The molecule has 0 saturated carbocycles. The summed E-state index contributed by atoms with van der Waals surface area (Å²) >= 11 is 0. The van der Waals surface area contributed by atoms with Gasteiger partial charge in [0, 0.05) is 5.57 Å². The molecule has 0 amide bonds. The van der Waals surface area contributed by atoms with Gasteiger partial charge in [-0.2, -0.15) is 0 Å². The fraction of sp³-hybridized carbons (Fsp3) is 0.889. The first-order valence-corrected chi connectivity index (χ1v) is 12.5. The van der Waals surface area contributed by atoms with Crippen molar-refractivity contribution in [2.45, 2.75) is 137 Å². The Morgan fingerprint density at radius 2 is 1.14 bits per heavy atom. The third-order valence-electron chi connectivity index (χ3n) is 5.88. The zero-order valence-electron chi connectivity index (χ0n) is 20.8. The van der Waals surface area contributed by atoms with Gasteiger partial charge in [-0.15, -0.1) is 0 Å². The second-order valence-corrected chi connectivity index (χ2v) is 10.4. The van der Waals surface area contributed by atoms with Crippen molar-refractivity contribution >= 4 is 5.97 Å². The molecular formula is C27H52O2. The third-order valence-corrected chi connectivity index (χ3v) is 5.88. The number of carbonyl (C=O) groups is 1. The van der Waals surface area contributed by atoms with Crippen LogP contribution in [-0.4, -0.2) is 13.1 Å². The van der Waals surface area contributed by atoms with E-state index in [-0.39, 0.29) is 5.97 Å². The Bertz CT molecular complexity index is 417. The minimum atomic E-state index is -0.201. The largest absolute Gasteiger partial charge is 0.466 e. The molecule has 1 atom stereocenters. The lowest BCUT2D eigenvalue weighted by molar-refractivity contribution is -0.136. The molecule has 0 saturated heterocycles. The maximum Gasteiger partial charge on any atom is 0.333 e. The Morgan fingerprint density at radius 1 is 0.759 bits per heavy atom. The molecule has 0 aromatic carbocycles. The number of ether oxygens (including phenoxy) is 1. The molecule has 29 heavy (non-hydrogen) atoms. The van der Waals surface area contributed by atoms with E-state index >= 15 is 0 Å². The first-order chi connectivity index (χ1) is 13.8. The number of unbranched alkanes of at least 4 members (excludes halogenated alkanes) is 13. The molecule has 0 spiro atoms. The standard InChI is InChI=1S/C27H52O2/c1-24(23-25(2)26(28)29-6)21-19-17-15-13-11-9-7-8-10-12-14-16-18-20-22-27(3,4)5/h23-24H,7-22H2,1-6H3. The number of esters is 1. The highest BCUT2D eigenvalue weighted by Gasteiger charge is 2.08. The molecule has 0 heterocycles. The van der Waals surface area contributed by atoms with Crippen molar-refractivity contribution in [3.8, 4) is 0 Å². The lowest BCUT2D eigenvalue weighted by Crippen LogP contribution is -2.03. The second-order valence-electron chi connectivity index (χ2n) is 10.4. The van der Waals surface area contributed by atoms with Gasteiger partial charge in [-0.3, -0.25) is 0 Å². The number of rotatable bonds is 18. The maximum absolute atomic E-state index is 11.4. The number of allylic oxidation sites excluding steroid dienone is 1. The molecule has 0 aromatic heterocycles. The van der Waals surface area contributed by atoms with Crippen molar-refractivity contribution in [1.29, 1.82) is 0 Å². The number of carbonyl (C=O) groups excluding carboxylic acids is 1. The van der Waals surface area contributed by atoms with Crippen LogP contribution in [0.15, 0.2) is 11.6 Å². The molecule has 0 aliphatic rings. The quantitative estimate of drug-likeness (QED) is 0.128. The Morgan fingerprint density at radius 3 is 1.52 bits per heavy atom. The SMILES string of the molecule is COC(=O)C(C)=CC(C)CCCCCCCCCCCCCCCCC(C)(C)C. The zero-order valence-corrected chi connectivity index (χ0v) is 20.8. The van der Waals surface area contributed by atoms with E-state index in [2.05, 4.69) is 33.8 Å². The Kier molecular flexibility index (Phi) is 17.5. The van der Waals surface area contributed by atoms with Crippen molar-refractivity contribution in [3.05, 3.63) is 11.6 Å². The molecule has 2 heteroatoms. The van der Waals surface area contributed by atoms with Crippen molar-refractivity contribution in [2.24, 2.45) is 11.3 Å². The zero-order chi connectivity index (χ0) is 22.0. The van der Waals surface area contributed by atoms with Crippen LogP contribution in [0.5, 0.6) is 0 Å². The van der Waals surface area contributed by atoms with Crippen LogP contribution in [-0.2, 0) is 9.53 Å². The summed E-state index contributed by atoms with van der Waals surface area (Å²) in [7, 11) is 1.44. The van der Waals surface area contributed by atoms with Crippen LogP contribution < -0.4 is 0 Å². The normalized spacial score (nSPS) is 13.5. The van der Waals surface area contributed by atoms with Crippen molar-refractivity contribution in [2.75, 3.05) is 7.11 Å². The van der Waals surface area contributed by atoms with Gasteiger partial charge in [0.05, 0.1) is 7.11 Å². The Balaban J connectivity index is 3.31. The van der Waals surface area contributed by atoms with Gasteiger partial charge in [-0.25, -0.2) is 4.79 Å². The van der Waals surface area contributed by atoms with Gasteiger partial charge in [-0.1, -0.05) is 124 Å². The van der Waals surface area contributed by atoms with E-state index in [1.165, 1.54) is 110 Å². The summed E-state index contributed by atoms with van der Waals surface area (Å²) in [5.74, 6) is 0.264. The summed E-state index contributed by atoms with van der Waals surface area (Å²) < 4.78 is 4.75. The molecule has 0 N–H and O–H groups in total. The molecular weight excluding hydrogens is 356 g/mol. The van der Waals surface area contributed by atoms with E-state index in [9.17, 15) is 4.79 Å². The summed E-state index contributed by atoms with van der Waals surface area (Å²) in [6.45, 7) is 11.1. The van der Waals surface area contributed by atoms with Crippen molar-refractivity contribution < 1.29 is 9.53 Å². The number of hydrogen-bond donors (Lipinski definition) is 0. The Hall–Kier alpha value is -0.790. The molecule has 0 rings (SSSR count). The number of hydrogen-bond acceptors (Lipinski definition) is 2. The van der Waals surface area contributed by atoms with Crippen LogP contribution in [0.4, 0.5) is 0 Å². The van der Waals surface area contributed by atoms with Crippen molar-refractivity contribution in [3.63, 3.8) is 0 Å².